The zero-order valence-electron chi connectivity index (χ0n) is 14.5. The van der Waals surface area contributed by atoms with Crippen LogP contribution in [-0.4, -0.2) is 27.4 Å². The summed E-state index contributed by atoms with van der Waals surface area (Å²) in [6.45, 7) is 4.59. The number of amides is 1. The van der Waals surface area contributed by atoms with Crippen LogP contribution in [0, 0.1) is 0 Å². The van der Waals surface area contributed by atoms with Crippen molar-refractivity contribution in [2.45, 2.75) is 31.1 Å². The van der Waals surface area contributed by atoms with Gasteiger partial charge >= 0.3 is 0 Å². The van der Waals surface area contributed by atoms with Gasteiger partial charge in [0.05, 0.1) is 4.90 Å². The van der Waals surface area contributed by atoms with Crippen molar-refractivity contribution in [1.82, 2.24) is 10.0 Å². The highest BCUT2D eigenvalue weighted by atomic mass is 32.2. The fourth-order valence-electron chi connectivity index (χ4n) is 2.62. The molecule has 0 heterocycles. The van der Waals surface area contributed by atoms with Crippen LogP contribution < -0.4 is 10.0 Å². The second-order valence-electron chi connectivity index (χ2n) is 5.76. The fourth-order valence-corrected chi connectivity index (χ4v) is 3.71. The molecule has 0 aromatic heterocycles. The zero-order chi connectivity index (χ0) is 18.3. The molecule has 2 N–H and O–H groups in total. The smallest absolute Gasteiger partial charge is 0.251 e. The van der Waals surface area contributed by atoms with Crippen molar-refractivity contribution in [3.05, 3.63) is 65.7 Å². The largest absolute Gasteiger partial charge is 0.351 e. The number of rotatable bonds is 8. The summed E-state index contributed by atoms with van der Waals surface area (Å²) in [5.74, 6) is -0.0539. The first kappa shape index (κ1) is 19.1. The highest BCUT2D eigenvalue weighted by Crippen LogP contribution is 2.18. The van der Waals surface area contributed by atoms with Gasteiger partial charge in [-0.3, -0.25) is 4.79 Å². The maximum atomic E-state index is 12.4. The highest BCUT2D eigenvalue weighted by Gasteiger charge is 2.16. The molecule has 0 aliphatic heterocycles. The van der Waals surface area contributed by atoms with Crippen LogP contribution in [0.15, 0.2) is 59.5 Å². The number of sulfonamides is 1. The molecule has 134 valence electrons. The molecule has 2 rings (SSSR count). The molecule has 0 aliphatic rings. The molecule has 0 bridgehead atoms. The van der Waals surface area contributed by atoms with E-state index in [0.717, 1.165) is 6.42 Å². The summed E-state index contributed by atoms with van der Waals surface area (Å²) in [4.78, 5) is 12.5. The Morgan fingerprint density at radius 2 is 1.76 bits per heavy atom. The Labute approximate surface area is 149 Å². The molecule has 1 unspecified atom stereocenters. The molecule has 0 saturated carbocycles. The van der Waals surface area contributed by atoms with Gasteiger partial charge in [-0.2, -0.15) is 0 Å². The van der Waals surface area contributed by atoms with Crippen LogP contribution in [0.4, 0.5) is 0 Å². The topological polar surface area (TPSA) is 75.3 Å². The minimum absolute atomic E-state index is 0.0945. The quantitative estimate of drug-likeness (QED) is 0.760. The summed E-state index contributed by atoms with van der Waals surface area (Å²) in [7, 11) is -3.58. The van der Waals surface area contributed by atoms with Crippen LogP contribution in [-0.2, 0) is 10.0 Å². The van der Waals surface area contributed by atoms with Gasteiger partial charge in [-0.15, -0.1) is 0 Å². The van der Waals surface area contributed by atoms with Crippen molar-refractivity contribution in [3.8, 4) is 0 Å². The second-order valence-corrected chi connectivity index (χ2v) is 7.52. The Morgan fingerprint density at radius 1 is 1.04 bits per heavy atom. The van der Waals surface area contributed by atoms with Crippen molar-refractivity contribution in [2.24, 2.45) is 0 Å². The van der Waals surface area contributed by atoms with Gasteiger partial charge in [0, 0.05) is 24.6 Å². The number of benzene rings is 2. The fraction of sp³-hybridized carbons (Fsp3) is 0.316. The highest BCUT2D eigenvalue weighted by molar-refractivity contribution is 7.89. The number of hydrogen-bond acceptors (Lipinski definition) is 3. The first-order valence-corrected chi connectivity index (χ1v) is 9.89. The summed E-state index contributed by atoms with van der Waals surface area (Å²) in [6, 6.07) is 16.1. The molecule has 25 heavy (non-hydrogen) atoms. The third-order valence-electron chi connectivity index (χ3n) is 4.01. The summed E-state index contributed by atoms with van der Waals surface area (Å²) < 4.78 is 26.5. The van der Waals surface area contributed by atoms with E-state index < -0.39 is 10.0 Å². The SMILES string of the molecule is CCNS(=O)(=O)c1cccc(C(=O)NCC(CC)c2ccccc2)c1. The van der Waals surface area contributed by atoms with E-state index in [1.807, 2.05) is 30.3 Å². The van der Waals surface area contributed by atoms with Crippen LogP contribution in [0.5, 0.6) is 0 Å². The number of hydrogen-bond donors (Lipinski definition) is 2. The monoisotopic (exact) mass is 360 g/mol. The van der Waals surface area contributed by atoms with E-state index in [4.69, 9.17) is 0 Å². The lowest BCUT2D eigenvalue weighted by Crippen LogP contribution is -2.29. The molecule has 1 atom stereocenters. The van der Waals surface area contributed by atoms with Crippen LogP contribution >= 0.6 is 0 Å². The van der Waals surface area contributed by atoms with Crippen molar-refractivity contribution >= 4 is 15.9 Å². The van der Waals surface area contributed by atoms with E-state index >= 15 is 0 Å². The van der Waals surface area contributed by atoms with E-state index in [0.29, 0.717) is 18.7 Å². The van der Waals surface area contributed by atoms with Crippen LogP contribution in [0.1, 0.15) is 42.1 Å². The standard InChI is InChI=1S/C19H24N2O3S/c1-3-15(16-9-6-5-7-10-16)14-20-19(22)17-11-8-12-18(13-17)25(23,24)21-4-2/h5-13,15,21H,3-4,14H2,1-2H3,(H,20,22). The molecule has 6 heteroatoms. The third-order valence-corrected chi connectivity index (χ3v) is 5.56. The molecule has 0 aliphatic carbocycles. The molecule has 5 nitrogen and oxygen atoms in total. The first-order chi connectivity index (χ1) is 12.0. The van der Waals surface area contributed by atoms with E-state index in [2.05, 4.69) is 17.0 Å². The minimum Gasteiger partial charge on any atom is -0.351 e. The Hall–Kier alpha value is -2.18. The van der Waals surface area contributed by atoms with Crippen LogP contribution in [0.3, 0.4) is 0 Å². The van der Waals surface area contributed by atoms with Crippen LogP contribution in [0.25, 0.3) is 0 Å². The van der Waals surface area contributed by atoms with Gasteiger partial charge in [-0.1, -0.05) is 50.2 Å². The number of carbonyl (C=O) groups is 1. The van der Waals surface area contributed by atoms with E-state index in [1.165, 1.54) is 17.7 Å². The Bertz CT molecular complexity index is 804. The summed E-state index contributed by atoms with van der Waals surface area (Å²) in [5, 5.41) is 2.90. The molecule has 1 amide bonds. The van der Waals surface area contributed by atoms with Crippen molar-refractivity contribution in [3.63, 3.8) is 0 Å². The van der Waals surface area contributed by atoms with Gasteiger partial charge in [-0.25, -0.2) is 13.1 Å². The van der Waals surface area contributed by atoms with Crippen molar-refractivity contribution in [1.29, 1.82) is 0 Å². The Balaban J connectivity index is 2.08. The zero-order valence-corrected chi connectivity index (χ0v) is 15.3. The lowest BCUT2D eigenvalue weighted by atomic mass is 9.96. The van der Waals surface area contributed by atoms with E-state index in [-0.39, 0.29) is 16.7 Å². The third kappa shape index (κ3) is 5.14. The molecule has 0 spiro atoms. The Morgan fingerprint density at radius 3 is 2.40 bits per heavy atom. The van der Waals surface area contributed by atoms with Crippen LogP contribution in [0.2, 0.25) is 0 Å². The van der Waals surface area contributed by atoms with E-state index in [1.54, 1.807) is 19.1 Å². The van der Waals surface area contributed by atoms with Gasteiger partial charge < -0.3 is 5.32 Å². The van der Waals surface area contributed by atoms with Gasteiger partial charge in [0.25, 0.3) is 5.91 Å². The first-order valence-electron chi connectivity index (χ1n) is 8.40. The number of carbonyl (C=O) groups excluding carboxylic acids is 1. The molecular weight excluding hydrogens is 336 g/mol. The normalized spacial score (nSPS) is 12.6. The molecule has 2 aromatic rings. The average molecular weight is 360 g/mol. The van der Waals surface area contributed by atoms with Gasteiger partial charge in [0.1, 0.15) is 0 Å². The lowest BCUT2D eigenvalue weighted by Gasteiger charge is -2.16. The molecular formula is C19H24N2O3S. The lowest BCUT2D eigenvalue weighted by molar-refractivity contribution is 0.0950. The predicted octanol–water partition coefficient (Wildman–Crippen LogP) is 2.91. The van der Waals surface area contributed by atoms with Gasteiger partial charge in [0.2, 0.25) is 10.0 Å². The average Bonchev–Trinajstić information content (AvgIpc) is 2.63. The Kier molecular flexibility index (Phi) is 6.73. The maximum absolute atomic E-state index is 12.4. The molecule has 0 fully saturated rings. The molecule has 2 aromatic carbocycles. The van der Waals surface area contributed by atoms with Gasteiger partial charge in [0.15, 0.2) is 0 Å². The summed E-state index contributed by atoms with van der Waals surface area (Å²) in [5.41, 5.74) is 1.51. The molecule has 0 radical (unpaired) electrons. The molecule has 0 saturated heterocycles. The predicted molar refractivity (Wildman–Crippen MR) is 99.1 cm³/mol. The van der Waals surface area contributed by atoms with Crippen molar-refractivity contribution in [2.75, 3.05) is 13.1 Å². The minimum atomic E-state index is -3.58. The maximum Gasteiger partial charge on any atom is 0.251 e. The van der Waals surface area contributed by atoms with E-state index in [9.17, 15) is 13.2 Å². The summed E-state index contributed by atoms with van der Waals surface area (Å²) in [6.07, 6.45) is 0.902. The van der Waals surface area contributed by atoms with Crippen molar-refractivity contribution < 1.29 is 13.2 Å². The summed E-state index contributed by atoms with van der Waals surface area (Å²) >= 11 is 0. The second kappa shape index (κ2) is 8.78. The number of nitrogens with one attached hydrogen (secondary N) is 2. The van der Waals surface area contributed by atoms with Gasteiger partial charge in [-0.05, 0) is 30.2 Å².